The SMILES string of the molecule is O=C(C(P(=O)(O)O)[P+](O)(O)O)[C@@H]1O[C@H](n2ccc(=O)[nH]c2=O)C(O)C1O. The van der Waals surface area contributed by atoms with Crippen molar-refractivity contribution in [2.24, 2.45) is 0 Å². The Morgan fingerprint density at radius 2 is 1.81 bits per heavy atom. The van der Waals surface area contributed by atoms with Crippen LogP contribution in [0.15, 0.2) is 21.9 Å². The van der Waals surface area contributed by atoms with Crippen molar-refractivity contribution in [1.29, 1.82) is 0 Å². The van der Waals surface area contributed by atoms with Crippen LogP contribution in [-0.4, -0.2) is 73.7 Å². The van der Waals surface area contributed by atoms with Crippen LogP contribution in [-0.2, 0) is 14.1 Å². The number of Topliss-reactive ketones (excluding diaryl/α,β-unsaturated/α-hetero) is 1. The van der Waals surface area contributed by atoms with Crippen LogP contribution >= 0.6 is 15.5 Å². The van der Waals surface area contributed by atoms with Gasteiger partial charge < -0.3 is 24.7 Å². The minimum atomic E-state index is -5.60. The molecule has 0 radical (unpaired) electrons. The van der Waals surface area contributed by atoms with E-state index in [2.05, 4.69) is 0 Å². The van der Waals surface area contributed by atoms with Crippen molar-refractivity contribution < 1.29 is 48.8 Å². The van der Waals surface area contributed by atoms with Gasteiger partial charge in [0.2, 0.25) is 5.78 Å². The standard InChI is InChI=1S/C10H14N2O12P2/c13-3-1-2-12(10(17)11-3)8-5(15)4(14)7(24-8)6(16)9(25(18,19)20)26(21,22)23/h1-2,4-5,7-9,14-15,18-20H,(H2-,11,13,17,21,22,23)/p+1/t4?,5?,7-,8+,9?/m1/s1. The van der Waals surface area contributed by atoms with Crippen molar-refractivity contribution in [2.45, 2.75) is 29.9 Å². The number of aliphatic hydroxyl groups excluding tert-OH is 2. The molecule has 1 aliphatic heterocycles. The molecule has 5 atom stereocenters. The largest absolute Gasteiger partial charge is 0.427 e. The first-order chi connectivity index (χ1) is 11.7. The highest BCUT2D eigenvalue weighted by Gasteiger charge is 2.64. The number of ketones is 1. The van der Waals surface area contributed by atoms with Gasteiger partial charge in [-0.15, -0.1) is 0 Å². The van der Waals surface area contributed by atoms with Crippen molar-refractivity contribution in [3.05, 3.63) is 33.1 Å². The number of aromatic amines is 1. The van der Waals surface area contributed by atoms with E-state index >= 15 is 0 Å². The quantitative estimate of drug-likeness (QED) is 0.214. The summed E-state index contributed by atoms with van der Waals surface area (Å²) in [4.78, 5) is 82.5. The predicted octanol–water partition coefficient (Wildman–Crippen LogP) is -4.03. The van der Waals surface area contributed by atoms with Gasteiger partial charge in [0, 0.05) is 12.3 Å². The molecule has 146 valence electrons. The Kier molecular flexibility index (Phi) is 5.67. The molecular formula is C10H15N2O12P2+. The summed E-state index contributed by atoms with van der Waals surface area (Å²) < 4.78 is 16.9. The second kappa shape index (κ2) is 7.02. The molecule has 26 heavy (non-hydrogen) atoms. The van der Waals surface area contributed by atoms with E-state index in [1.54, 1.807) is 0 Å². The van der Waals surface area contributed by atoms with Crippen molar-refractivity contribution in [2.75, 3.05) is 0 Å². The van der Waals surface area contributed by atoms with Crippen LogP contribution in [0, 0.1) is 0 Å². The summed E-state index contributed by atoms with van der Waals surface area (Å²) in [6.07, 6.45) is -7.18. The zero-order valence-corrected chi connectivity index (χ0v) is 14.3. The van der Waals surface area contributed by atoms with E-state index in [0.29, 0.717) is 4.57 Å². The number of aromatic nitrogens is 2. The monoisotopic (exact) mass is 417 g/mol. The average Bonchev–Trinajstić information content (AvgIpc) is 2.72. The first-order valence-electron chi connectivity index (χ1n) is 6.74. The van der Waals surface area contributed by atoms with Crippen molar-refractivity contribution >= 4 is 21.3 Å². The van der Waals surface area contributed by atoms with Gasteiger partial charge in [-0.1, -0.05) is 0 Å². The molecule has 0 spiro atoms. The first-order valence-corrected chi connectivity index (χ1v) is 10.1. The molecule has 14 nitrogen and oxygen atoms in total. The van der Waals surface area contributed by atoms with Crippen LogP contribution in [0.2, 0.25) is 0 Å². The fraction of sp³-hybridized carbons (Fsp3) is 0.500. The molecule has 0 aromatic carbocycles. The fourth-order valence-electron chi connectivity index (χ4n) is 2.44. The van der Waals surface area contributed by atoms with Crippen LogP contribution in [0.5, 0.6) is 0 Å². The number of ether oxygens (including phenoxy) is 1. The van der Waals surface area contributed by atoms with Crippen molar-refractivity contribution in [1.82, 2.24) is 9.55 Å². The van der Waals surface area contributed by atoms with Crippen LogP contribution in [0.3, 0.4) is 0 Å². The lowest BCUT2D eigenvalue weighted by Crippen LogP contribution is -2.42. The van der Waals surface area contributed by atoms with Crippen LogP contribution < -0.4 is 11.2 Å². The van der Waals surface area contributed by atoms with E-state index < -0.39 is 62.5 Å². The molecule has 0 saturated carbocycles. The zero-order chi connectivity index (χ0) is 20.0. The minimum absolute atomic E-state index is 0.592. The highest BCUT2D eigenvalue weighted by atomic mass is 31.3. The summed E-state index contributed by atoms with van der Waals surface area (Å²) >= 11 is 0. The molecule has 3 unspecified atom stereocenters. The Hall–Kier alpha value is -1.31. The maximum absolute atomic E-state index is 12.2. The molecular weight excluding hydrogens is 402 g/mol. The number of carbonyl (C=O) groups excluding carboxylic acids is 1. The lowest BCUT2D eigenvalue weighted by Gasteiger charge is -2.21. The van der Waals surface area contributed by atoms with Gasteiger partial charge in [-0.25, -0.2) is 4.79 Å². The molecule has 0 bridgehead atoms. The van der Waals surface area contributed by atoms with E-state index in [9.17, 15) is 29.2 Å². The number of hydrogen-bond acceptors (Lipinski definition) is 10. The molecule has 2 rings (SSSR count). The van der Waals surface area contributed by atoms with E-state index in [4.69, 9.17) is 29.2 Å². The van der Waals surface area contributed by atoms with E-state index in [0.717, 1.165) is 12.3 Å². The van der Waals surface area contributed by atoms with Crippen molar-refractivity contribution in [3.63, 3.8) is 0 Å². The summed E-state index contributed by atoms with van der Waals surface area (Å²) in [5.74, 6) is -1.79. The molecule has 1 aliphatic rings. The molecule has 1 aromatic heterocycles. The predicted molar refractivity (Wildman–Crippen MR) is 81.7 cm³/mol. The highest BCUT2D eigenvalue weighted by molar-refractivity contribution is 7.76. The summed E-state index contributed by atoms with van der Waals surface area (Å²) in [5, 5.41) is 16.9. The number of hydrogen-bond donors (Lipinski definition) is 8. The molecule has 0 aliphatic carbocycles. The number of rotatable bonds is 5. The third-order valence-electron chi connectivity index (χ3n) is 3.55. The number of aliphatic hydroxyl groups is 2. The topological polar surface area (TPSA) is 240 Å². The number of H-pyrrole nitrogens is 1. The van der Waals surface area contributed by atoms with Gasteiger partial charge >= 0.3 is 26.6 Å². The third-order valence-corrected chi connectivity index (χ3v) is 7.18. The van der Waals surface area contributed by atoms with Crippen LogP contribution in [0.4, 0.5) is 0 Å². The molecule has 16 heteroatoms. The summed E-state index contributed by atoms with van der Waals surface area (Å²) in [6.45, 7) is 0. The van der Waals surface area contributed by atoms with Gasteiger partial charge in [-0.05, 0) is 0 Å². The fourth-order valence-corrected chi connectivity index (χ4v) is 5.02. The van der Waals surface area contributed by atoms with Gasteiger partial charge in [-0.3, -0.25) is 23.7 Å². The number of carbonyl (C=O) groups is 1. The molecule has 2 heterocycles. The second-order valence-corrected chi connectivity index (χ2v) is 9.27. The Bertz CT molecular complexity index is 853. The van der Waals surface area contributed by atoms with E-state index in [1.165, 1.54) is 0 Å². The van der Waals surface area contributed by atoms with Gasteiger partial charge in [0.15, 0.2) is 12.3 Å². The summed E-state index contributed by atoms with van der Waals surface area (Å²) in [7, 11) is -11.0. The molecule has 0 amide bonds. The lowest BCUT2D eigenvalue weighted by molar-refractivity contribution is -0.134. The molecule has 8 N–H and O–H groups in total. The van der Waals surface area contributed by atoms with Crippen molar-refractivity contribution in [3.8, 4) is 0 Å². The lowest BCUT2D eigenvalue weighted by atomic mass is 10.1. The smallest absolute Gasteiger partial charge is 0.387 e. The molecule has 1 aromatic rings. The normalized spacial score (nSPS) is 28.1. The maximum Gasteiger partial charge on any atom is 0.427 e. The third kappa shape index (κ3) is 4.00. The second-order valence-electron chi connectivity index (χ2n) is 5.43. The number of nitrogens with zero attached hydrogens (tertiary/aromatic N) is 1. The first kappa shape index (κ1) is 21.0. The minimum Gasteiger partial charge on any atom is -0.387 e. The summed E-state index contributed by atoms with van der Waals surface area (Å²) in [6, 6.07) is 0.864. The molecule has 1 saturated heterocycles. The molecule has 1 fully saturated rings. The van der Waals surface area contributed by atoms with E-state index in [-0.39, 0.29) is 0 Å². The zero-order valence-electron chi connectivity index (χ0n) is 12.6. The van der Waals surface area contributed by atoms with Crippen LogP contribution in [0.1, 0.15) is 6.23 Å². The highest BCUT2D eigenvalue weighted by Crippen LogP contribution is 2.65. The van der Waals surface area contributed by atoms with Gasteiger partial charge in [0.1, 0.15) is 12.2 Å². The summed E-state index contributed by atoms with van der Waals surface area (Å²) in [5.41, 5.74) is -1.87. The maximum atomic E-state index is 12.2. The Morgan fingerprint density at radius 1 is 1.23 bits per heavy atom. The number of nitrogens with one attached hydrogen (secondary N) is 1. The Balaban J connectivity index is 2.40. The van der Waals surface area contributed by atoms with Gasteiger partial charge in [0.05, 0.1) is 0 Å². The van der Waals surface area contributed by atoms with E-state index in [1.807, 2.05) is 4.98 Å². The Morgan fingerprint density at radius 3 is 2.27 bits per heavy atom. The Labute approximate surface area is 143 Å². The van der Waals surface area contributed by atoms with Gasteiger partial charge in [-0.2, -0.15) is 14.7 Å². The average molecular weight is 417 g/mol. The van der Waals surface area contributed by atoms with Crippen LogP contribution in [0.25, 0.3) is 0 Å². The van der Waals surface area contributed by atoms with Gasteiger partial charge in [0.25, 0.3) is 5.56 Å².